The third kappa shape index (κ3) is 5.20. The first-order chi connectivity index (χ1) is 14.6. The van der Waals surface area contributed by atoms with E-state index in [1.807, 2.05) is 36.4 Å². The van der Waals surface area contributed by atoms with Gasteiger partial charge in [0.05, 0.1) is 30.5 Å². The van der Waals surface area contributed by atoms with Crippen LogP contribution in [0.5, 0.6) is 11.5 Å². The van der Waals surface area contributed by atoms with E-state index < -0.39 is 11.7 Å². The monoisotopic (exact) mass is 403 g/mol. The molecule has 0 saturated heterocycles. The van der Waals surface area contributed by atoms with Crippen molar-refractivity contribution in [3.63, 3.8) is 0 Å². The maximum absolute atomic E-state index is 13.9. The lowest BCUT2D eigenvalue weighted by molar-refractivity contribution is 0.0951. The molecule has 0 aliphatic carbocycles. The molecule has 0 spiro atoms. The lowest BCUT2D eigenvalue weighted by Crippen LogP contribution is -2.19. The number of hydrogen-bond acceptors (Lipinski definition) is 5. The van der Waals surface area contributed by atoms with Gasteiger partial charge in [-0.2, -0.15) is 10.4 Å². The number of benzene rings is 3. The van der Waals surface area contributed by atoms with E-state index in [2.05, 4.69) is 10.5 Å². The third-order valence-corrected chi connectivity index (χ3v) is 4.15. The molecule has 0 aliphatic rings. The van der Waals surface area contributed by atoms with E-state index in [0.717, 1.165) is 11.6 Å². The van der Waals surface area contributed by atoms with E-state index >= 15 is 0 Å². The van der Waals surface area contributed by atoms with Gasteiger partial charge in [0.25, 0.3) is 5.91 Å². The number of carbonyl (C=O) groups is 1. The fraction of sp³-hybridized carbons (Fsp3) is 0.0870. The Kier molecular flexibility index (Phi) is 6.74. The van der Waals surface area contributed by atoms with E-state index in [4.69, 9.17) is 14.7 Å². The normalized spacial score (nSPS) is 10.4. The Labute approximate surface area is 173 Å². The van der Waals surface area contributed by atoms with Gasteiger partial charge in [-0.15, -0.1) is 0 Å². The zero-order chi connectivity index (χ0) is 21.3. The molecule has 150 valence electrons. The van der Waals surface area contributed by atoms with Crippen molar-refractivity contribution in [3.05, 3.63) is 94.8 Å². The third-order valence-electron chi connectivity index (χ3n) is 4.15. The number of nitriles is 1. The van der Waals surface area contributed by atoms with Crippen molar-refractivity contribution >= 4 is 12.1 Å². The number of carbonyl (C=O) groups excluding carboxylic acids is 1. The molecule has 0 fully saturated rings. The summed E-state index contributed by atoms with van der Waals surface area (Å²) >= 11 is 0. The van der Waals surface area contributed by atoms with Crippen molar-refractivity contribution in [1.29, 1.82) is 5.26 Å². The van der Waals surface area contributed by atoms with Crippen LogP contribution in [0, 0.1) is 17.1 Å². The average Bonchev–Trinajstić information content (AvgIpc) is 2.78. The fourth-order valence-corrected chi connectivity index (χ4v) is 2.62. The molecule has 0 unspecified atom stereocenters. The number of hydrogen-bond donors (Lipinski definition) is 1. The number of rotatable bonds is 7. The van der Waals surface area contributed by atoms with Gasteiger partial charge >= 0.3 is 0 Å². The summed E-state index contributed by atoms with van der Waals surface area (Å²) in [7, 11) is 1.55. The first kappa shape index (κ1) is 20.6. The van der Waals surface area contributed by atoms with Crippen LogP contribution in [-0.2, 0) is 6.61 Å². The maximum Gasteiger partial charge on any atom is 0.274 e. The summed E-state index contributed by atoms with van der Waals surface area (Å²) < 4.78 is 25.1. The number of methoxy groups -OCH3 is 1. The molecule has 3 rings (SSSR count). The molecule has 0 atom stereocenters. The Morgan fingerprint density at radius 3 is 2.63 bits per heavy atom. The molecule has 0 bridgehead atoms. The number of amides is 1. The van der Waals surface area contributed by atoms with Crippen molar-refractivity contribution in [2.45, 2.75) is 6.61 Å². The SMILES string of the molecule is COc1ccc(/C=N/NC(=O)c2ccc(C#N)cc2F)cc1OCc1ccccc1. The van der Waals surface area contributed by atoms with Gasteiger partial charge < -0.3 is 9.47 Å². The quantitative estimate of drug-likeness (QED) is 0.477. The number of halogens is 1. The van der Waals surface area contributed by atoms with E-state index in [1.165, 1.54) is 18.3 Å². The highest BCUT2D eigenvalue weighted by atomic mass is 19.1. The standard InChI is InChI=1S/C23H18FN3O3/c1-29-21-10-8-18(12-22(21)30-15-16-5-3-2-4-6-16)14-26-27-23(28)19-9-7-17(13-25)11-20(19)24/h2-12,14H,15H2,1H3,(H,27,28)/b26-14+. The van der Waals surface area contributed by atoms with Crippen LogP contribution in [0.25, 0.3) is 0 Å². The summed E-state index contributed by atoms with van der Waals surface area (Å²) in [6.07, 6.45) is 1.41. The summed E-state index contributed by atoms with van der Waals surface area (Å²) in [4.78, 5) is 12.1. The van der Waals surface area contributed by atoms with Gasteiger partial charge in [-0.1, -0.05) is 30.3 Å². The van der Waals surface area contributed by atoms with E-state index in [9.17, 15) is 9.18 Å². The summed E-state index contributed by atoms with van der Waals surface area (Å²) in [5.41, 5.74) is 3.86. The van der Waals surface area contributed by atoms with Crippen LogP contribution in [0.3, 0.4) is 0 Å². The van der Waals surface area contributed by atoms with Crippen molar-refractivity contribution in [2.24, 2.45) is 5.10 Å². The second-order valence-electron chi connectivity index (χ2n) is 6.19. The van der Waals surface area contributed by atoms with Crippen LogP contribution in [0.15, 0.2) is 71.8 Å². The van der Waals surface area contributed by atoms with Crippen molar-refractivity contribution in [2.75, 3.05) is 7.11 Å². The largest absolute Gasteiger partial charge is 0.493 e. The smallest absolute Gasteiger partial charge is 0.274 e. The Morgan fingerprint density at radius 2 is 1.93 bits per heavy atom. The van der Waals surface area contributed by atoms with Gasteiger partial charge in [-0.05, 0) is 47.5 Å². The summed E-state index contributed by atoms with van der Waals surface area (Å²) in [5.74, 6) is -0.424. The van der Waals surface area contributed by atoms with Crippen LogP contribution >= 0.6 is 0 Å². The van der Waals surface area contributed by atoms with Crippen LogP contribution in [0.4, 0.5) is 4.39 Å². The zero-order valence-corrected chi connectivity index (χ0v) is 16.1. The molecule has 0 aliphatic heterocycles. The van der Waals surface area contributed by atoms with Gasteiger partial charge in [-0.25, -0.2) is 9.82 Å². The van der Waals surface area contributed by atoms with Crippen LogP contribution in [0.2, 0.25) is 0 Å². The number of nitrogens with one attached hydrogen (secondary N) is 1. The molecule has 0 radical (unpaired) electrons. The van der Waals surface area contributed by atoms with Gasteiger partial charge in [0.2, 0.25) is 0 Å². The van der Waals surface area contributed by atoms with E-state index in [-0.39, 0.29) is 11.1 Å². The highest BCUT2D eigenvalue weighted by Gasteiger charge is 2.11. The van der Waals surface area contributed by atoms with Gasteiger partial charge in [0.15, 0.2) is 11.5 Å². The van der Waals surface area contributed by atoms with Crippen LogP contribution < -0.4 is 14.9 Å². The molecule has 0 aromatic heterocycles. The second kappa shape index (κ2) is 9.85. The van der Waals surface area contributed by atoms with Gasteiger partial charge in [0, 0.05) is 0 Å². The van der Waals surface area contributed by atoms with Crippen molar-refractivity contribution in [1.82, 2.24) is 5.43 Å². The lowest BCUT2D eigenvalue weighted by atomic mass is 10.1. The minimum Gasteiger partial charge on any atom is -0.493 e. The van der Waals surface area contributed by atoms with Crippen LogP contribution in [0.1, 0.15) is 27.0 Å². The Hall–Kier alpha value is -4.18. The molecule has 3 aromatic rings. The average molecular weight is 403 g/mol. The maximum atomic E-state index is 13.9. The van der Waals surface area contributed by atoms with Gasteiger partial charge in [0.1, 0.15) is 12.4 Å². The highest BCUT2D eigenvalue weighted by molar-refractivity contribution is 5.95. The summed E-state index contributed by atoms with van der Waals surface area (Å²) in [6.45, 7) is 0.368. The molecular weight excluding hydrogens is 385 g/mol. The lowest BCUT2D eigenvalue weighted by Gasteiger charge is -2.11. The molecule has 1 N–H and O–H groups in total. The van der Waals surface area contributed by atoms with E-state index in [1.54, 1.807) is 25.3 Å². The Balaban J connectivity index is 1.68. The number of nitrogens with zero attached hydrogens (tertiary/aromatic N) is 2. The minimum atomic E-state index is -0.789. The zero-order valence-electron chi connectivity index (χ0n) is 16.1. The van der Waals surface area contributed by atoms with Crippen molar-refractivity contribution < 1.29 is 18.7 Å². The summed E-state index contributed by atoms with van der Waals surface area (Å²) in [5, 5.41) is 12.6. The number of ether oxygens (including phenoxy) is 2. The minimum absolute atomic E-state index is 0.133. The Bertz CT molecular complexity index is 1110. The second-order valence-corrected chi connectivity index (χ2v) is 6.19. The molecule has 1 amide bonds. The predicted molar refractivity (Wildman–Crippen MR) is 110 cm³/mol. The first-order valence-corrected chi connectivity index (χ1v) is 8.98. The fourth-order valence-electron chi connectivity index (χ4n) is 2.62. The number of hydrazone groups is 1. The molecular formula is C23H18FN3O3. The molecule has 3 aromatic carbocycles. The van der Waals surface area contributed by atoms with Crippen molar-refractivity contribution in [3.8, 4) is 17.6 Å². The molecule has 30 heavy (non-hydrogen) atoms. The topological polar surface area (TPSA) is 83.7 Å². The van der Waals surface area contributed by atoms with E-state index in [0.29, 0.717) is 23.7 Å². The molecule has 0 heterocycles. The molecule has 0 saturated carbocycles. The Morgan fingerprint density at radius 1 is 1.13 bits per heavy atom. The summed E-state index contributed by atoms with van der Waals surface area (Å²) in [6, 6.07) is 20.3. The highest BCUT2D eigenvalue weighted by Crippen LogP contribution is 2.28. The molecule has 6 nitrogen and oxygen atoms in total. The van der Waals surface area contributed by atoms with Gasteiger partial charge in [-0.3, -0.25) is 4.79 Å². The van der Waals surface area contributed by atoms with Crippen LogP contribution in [-0.4, -0.2) is 19.2 Å². The molecule has 7 heteroatoms. The first-order valence-electron chi connectivity index (χ1n) is 8.98. The predicted octanol–water partition coefficient (Wildman–Crippen LogP) is 4.05.